The Bertz CT molecular complexity index is 372. The fraction of sp³-hybridized carbons (Fsp3) is 0.900. The third-order valence-corrected chi connectivity index (χ3v) is 4.21. The molecule has 7 heteroatoms. The van der Waals surface area contributed by atoms with Crippen LogP contribution in [0.15, 0.2) is 0 Å². The summed E-state index contributed by atoms with van der Waals surface area (Å²) in [6.45, 7) is -0.182. The number of carbonyl (C=O) groups excluding carboxylic acids is 1. The van der Waals surface area contributed by atoms with Crippen molar-refractivity contribution in [2.45, 2.75) is 50.6 Å². The number of hydrogen-bond acceptors (Lipinski definition) is 3. The molecule has 2 saturated carbocycles. The summed E-state index contributed by atoms with van der Waals surface area (Å²) in [6.07, 6.45) is 5.90. The van der Waals surface area contributed by atoms with E-state index in [9.17, 15) is 13.2 Å². The van der Waals surface area contributed by atoms with Gasteiger partial charge in [-0.25, -0.2) is 0 Å². The lowest BCUT2D eigenvalue weighted by Crippen LogP contribution is -2.45. The molecular formula is C10H19N3O3S. The van der Waals surface area contributed by atoms with Crippen LogP contribution in [0.3, 0.4) is 0 Å². The molecule has 0 bridgehead atoms. The zero-order chi connectivity index (χ0) is 12.3. The van der Waals surface area contributed by atoms with E-state index in [-0.39, 0.29) is 24.5 Å². The summed E-state index contributed by atoms with van der Waals surface area (Å²) in [7, 11) is -3.54. The number of nitrogens with one attached hydrogen (secondary N) is 3. The highest BCUT2D eigenvalue weighted by Crippen LogP contribution is 2.18. The van der Waals surface area contributed by atoms with Gasteiger partial charge in [0.05, 0.1) is 6.54 Å². The Morgan fingerprint density at radius 1 is 1.06 bits per heavy atom. The highest BCUT2D eigenvalue weighted by molar-refractivity contribution is 7.87. The Labute approximate surface area is 102 Å². The van der Waals surface area contributed by atoms with Crippen molar-refractivity contribution in [1.82, 2.24) is 14.8 Å². The quantitative estimate of drug-likeness (QED) is 0.610. The molecule has 0 aromatic rings. The van der Waals surface area contributed by atoms with E-state index in [0.717, 1.165) is 38.5 Å². The Kier molecular flexibility index (Phi) is 4.01. The molecule has 0 aliphatic heterocycles. The Balaban J connectivity index is 1.70. The molecule has 2 aliphatic rings. The van der Waals surface area contributed by atoms with E-state index in [1.807, 2.05) is 0 Å². The van der Waals surface area contributed by atoms with E-state index >= 15 is 0 Å². The maximum Gasteiger partial charge on any atom is 0.277 e. The molecular weight excluding hydrogens is 242 g/mol. The van der Waals surface area contributed by atoms with Gasteiger partial charge in [0.25, 0.3) is 10.2 Å². The van der Waals surface area contributed by atoms with Gasteiger partial charge >= 0.3 is 0 Å². The minimum absolute atomic E-state index is 0.0268. The Morgan fingerprint density at radius 2 is 1.71 bits per heavy atom. The second kappa shape index (κ2) is 5.32. The van der Waals surface area contributed by atoms with Crippen molar-refractivity contribution in [1.29, 1.82) is 0 Å². The normalized spacial score (nSPS) is 21.6. The topological polar surface area (TPSA) is 87.3 Å². The Morgan fingerprint density at radius 3 is 2.29 bits per heavy atom. The molecule has 3 N–H and O–H groups in total. The van der Waals surface area contributed by atoms with Crippen molar-refractivity contribution in [3.63, 3.8) is 0 Å². The van der Waals surface area contributed by atoms with Crippen LogP contribution in [-0.4, -0.2) is 33.0 Å². The number of carbonyl (C=O) groups is 1. The molecule has 0 unspecified atom stereocenters. The van der Waals surface area contributed by atoms with Crippen molar-refractivity contribution >= 4 is 16.1 Å². The Hall–Kier alpha value is -0.660. The van der Waals surface area contributed by atoms with Crippen molar-refractivity contribution in [3.8, 4) is 0 Å². The highest BCUT2D eigenvalue weighted by atomic mass is 32.2. The predicted octanol–water partition coefficient (Wildman–Crippen LogP) is -0.368. The second-order valence-electron chi connectivity index (χ2n) is 4.77. The van der Waals surface area contributed by atoms with Crippen LogP contribution in [0.5, 0.6) is 0 Å². The summed E-state index contributed by atoms with van der Waals surface area (Å²) in [6, 6.07) is 0.286. The third-order valence-electron chi connectivity index (χ3n) is 3.04. The van der Waals surface area contributed by atoms with Gasteiger partial charge in [0.15, 0.2) is 0 Å². The molecule has 0 heterocycles. The van der Waals surface area contributed by atoms with Gasteiger partial charge in [-0.1, -0.05) is 12.8 Å². The van der Waals surface area contributed by atoms with Gasteiger partial charge < -0.3 is 5.32 Å². The van der Waals surface area contributed by atoms with Gasteiger partial charge in [-0.3, -0.25) is 4.79 Å². The second-order valence-corrected chi connectivity index (χ2v) is 6.30. The fourth-order valence-corrected chi connectivity index (χ4v) is 3.05. The molecule has 2 rings (SSSR count). The summed E-state index contributed by atoms with van der Waals surface area (Å²) in [4.78, 5) is 11.3. The zero-order valence-corrected chi connectivity index (χ0v) is 10.6. The molecule has 17 heavy (non-hydrogen) atoms. The molecule has 2 fully saturated rings. The van der Waals surface area contributed by atoms with Gasteiger partial charge in [-0.2, -0.15) is 17.9 Å². The number of amides is 1. The van der Waals surface area contributed by atoms with E-state index in [1.54, 1.807) is 0 Å². The lowest BCUT2D eigenvalue weighted by molar-refractivity contribution is -0.120. The molecule has 0 saturated heterocycles. The van der Waals surface area contributed by atoms with Crippen LogP contribution in [0.1, 0.15) is 38.5 Å². The van der Waals surface area contributed by atoms with Crippen LogP contribution in [-0.2, 0) is 15.0 Å². The average molecular weight is 261 g/mol. The van der Waals surface area contributed by atoms with Gasteiger partial charge in [0.2, 0.25) is 5.91 Å². The van der Waals surface area contributed by atoms with Gasteiger partial charge in [-0.15, -0.1) is 0 Å². The highest BCUT2D eigenvalue weighted by Gasteiger charge is 2.25. The van der Waals surface area contributed by atoms with Crippen LogP contribution >= 0.6 is 0 Å². The smallest absolute Gasteiger partial charge is 0.277 e. The SMILES string of the molecule is O=C(CNS(=O)(=O)NC1CCCC1)NC1CC1. The lowest BCUT2D eigenvalue weighted by atomic mass is 10.3. The van der Waals surface area contributed by atoms with Gasteiger partial charge in [0, 0.05) is 12.1 Å². The minimum Gasteiger partial charge on any atom is -0.352 e. The standard InChI is InChI=1S/C10H19N3O3S/c14-10(12-8-5-6-8)7-11-17(15,16)13-9-3-1-2-4-9/h8-9,11,13H,1-7H2,(H,12,14). The van der Waals surface area contributed by atoms with Crippen LogP contribution in [0.2, 0.25) is 0 Å². The average Bonchev–Trinajstić information content (AvgIpc) is 2.91. The molecule has 1 amide bonds. The lowest BCUT2D eigenvalue weighted by Gasteiger charge is -2.13. The molecule has 0 atom stereocenters. The maximum absolute atomic E-state index is 11.6. The molecule has 2 aliphatic carbocycles. The number of hydrogen-bond donors (Lipinski definition) is 3. The number of rotatable bonds is 6. The summed E-state index contributed by atoms with van der Waals surface area (Å²) in [5.41, 5.74) is 0. The molecule has 0 aromatic heterocycles. The van der Waals surface area contributed by atoms with Gasteiger partial charge in [-0.05, 0) is 25.7 Å². The van der Waals surface area contributed by atoms with Crippen LogP contribution in [0.4, 0.5) is 0 Å². The summed E-state index contributed by atoms with van der Waals surface area (Å²) < 4.78 is 28.0. The van der Waals surface area contributed by atoms with Crippen molar-refractivity contribution in [2.75, 3.05) is 6.54 Å². The molecule has 0 radical (unpaired) electrons. The first-order chi connectivity index (χ1) is 8.05. The molecule has 98 valence electrons. The predicted molar refractivity (Wildman–Crippen MR) is 63.5 cm³/mol. The third kappa shape index (κ3) is 4.61. The van der Waals surface area contributed by atoms with Crippen molar-refractivity contribution < 1.29 is 13.2 Å². The largest absolute Gasteiger partial charge is 0.352 e. The van der Waals surface area contributed by atoms with Gasteiger partial charge in [0.1, 0.15) is 0 Å². The maximum atomic E-state index is 11.6. The van der Waals surface area contributed by atoms with E-state index in [2.05, 4.69) is 14.8 Å². The summed E-state index contributed by atoms with van der Waals surface area (Å²) in [5.74, 6) is -0.260. The van der Waals surface area contributed by atoms with E-state index in [4.69, 9.17) is 0 Å². The minimum atomic E-state index is -3.54. The first kappa shape index (κ1) is 12.8. The van der Waals surface area contributed by atoms with Crippen molar-refractivity contribution in [3.05, 3.63) is 0 Å². The summed E-state index contributed by atoms with van der Waals surface area (Å²) >= 11 is 0. The first-order valence-electron chi connectivity index (χ1n) is 6.11. The molecule has 0 spiro atoms. The molecule has 6 nitrogen and oxygen atoms in total. The van der Waals surface area contributed by atoms with E-state index < -0.39 is 10.2 Å². The fourth-order valence-electron chi connectivity index (χ4n) is 1.97. The molecule has 0 aromatic carbocycles. The van der Waals surface area contributed by atoms with Crippen LogP contribution in [0.25, 0.3) is 0 Å². The van der Waals surface area contributed by atoms with Crippen molar-refractivity contribution in [2.24, 2.45) is 0 Å². The van der Waals surface area contributed by atoms with Crippen LogP contribution < -0.4 is 14.8 Å². The monoisotopic (exact) mass is 261 g/mol. The zero-order valence-electron chi connectivity index (χ0n) is 9.74. The summed E-state index contributed by atoms with van der Waals surface area (Å²) in [5, 5.41) is 2.73. The van der Waals surface area contributed by atoms with Crippen LogP contribution in [0, 0.1) is 0 Å². The van der Waals surface area contributed by atoms with E-state index in [1.165, 1.54) is 0 Å². The first-order valence-corrected chi connectivity index (χ1v) is 7.60. The van der Waals surface area contributed by atoms with E-state index in [0.29, 0.717) is 0 Å².